The number of hydrogen-bond donors (Lipinski definition) is 0. The number of hydrogen-bond acceptors (Lipinski definition) is 0. The average Bonchev–Trinajstić information content (AvgIpc) is 1.96. The summed E-state index contributed by atoms with van der Waals surface area (Å²) in [5.74, 6) is 0. The second-order valence-corrected chi connectivity index (χ2v) is 1.08. The fourth-order valence-corrected chi connectivity index (χ4v) is 0.342. The molecule has 1 rings (SSSR count). The van der Waals surface area contributed by atoms with Crippen LogP contribution in [0.2, 0.25) is 0 Å². The van der Waals surface area contributed by atoms with Crippen molar-refractivity contribution in [2.24, 2.45) is 0 Å². The third-order valence-electron chi connectivity index (χ3n) is 0.607. The molecule has 0 heterocycles. The van der Waals surface area contributed by atoms with Gasteiger partial charge in [-0.15, -0.1) is 0 Å². The van der Waals surface area contributed by atoms with Gasteiger partial charge in [-0.2, -0.15) is 36.4 Å². The largest absolute Gasteiger partial charge is 0.184 e. The molecule has 48 valence electrons. The molecule has 2 heteroatoms. The van der Waals surface area contributed by atoms with Gasteiger partial charge in [-0.25, -0.2) is 0 Å². The van der Waals surface area contributed by atoms with Gasteiger partial charge in [-0.05, 0) is 0 Å². The maximum Gasteiger partial charge on any atom is -0.171 e. The fourth-order valence-electron chi connectivity index (χ4n) is 0.342. The van der Waals surface area contributed by atoms with Gasteiger partial charge in [0, 0.05) is 0 Å². The molecule has 0 unspecified atom stereocenters. The molecule has 0 spiro atoms. The average molecular weight is 268 g/mol. The van der Waals surface area contributed by atoms with Crippen LogP contribution in [0.4, 0.5) is 0 Å². The van der Waals surface area contributed by atoms with Crippen molar-refractivity contribution in [2.75, 3.05) is 0 Å². The Morgan fingerprint density at radius 3 is 1.62 bits per heavy atom. The molecule has 0 aliphatic rings. The van der Waals surface area contributed by atoms with Gasteiger partial charge in [0.15, 0.2) is 0 Å². The molecule has 0 bridgehead atoms. The molecule has 0 fully saturated rings. The van der Waals surface area contributed by atoms with Crippen LogP contribution >= 0.6 is 20.3 Å². The maximum atomic E-state index is 4.16. The van der Waals surface area contributed by atoms with Gasteiger partial charge in [0.25, 0.3) is 0 Å². The van der Waals surface area contributed by atoms with E-state index < -0.39 is 0 Å². The van der Waals surface area contributed by atoms with E-state index in [9.17, 15) is 0 Å². The molecule has 0 radical (unpaired) electrons. The van der Waals surface area contributed by atoms with Gasteiger partial charge in [0.2, 0.25) is 0 Å². The van der Waals surface area contributed by atoms with Crippen molar-refractivity contribution in [1.82, 2.24) is 0 Å². The Morgan fingerprint density at radius 2 is 1.50 bits per heavy atom. The van der Waals surface area contributed by atoms with Crippen molar-refractivity contribution in [2.45, 2.75) is 0 Å². The zero-order chi connectivity index (χ0) is 6.24. The van der Waals surface area contributed by atoms with Crippen molar-refractivity contribution < 1.29 is 12.8 Å². The standard InChI is InChI=1S/C6H5.Cu.HI/c1-2-4-6-5-3-1;;/h1-5H;;1H/q-1;+1;/p-1. The summed E-state index contributed by atoms with van der Waals surface area (Å²) in [6.45, 7) is 0. The first-order chi connectivity index (χ1) is 4.00. The van der Waals surface area contributed by atoms with Crippen LogP contribution < -0.4 is 0 Å². The van der Waals surface area contributed by atoms with E-state index >= 15 is 0 Å². The molecule has 0 N–H and O–H groups in total. The van der Waals surface area contributed by atoms with Crippen molar-refractivity contribution in [3.05, 3.63) is 36.4 Å². The zero-order valence-corrected chi connectivity index (χ0v) is 7.17. The van der Waals surface area contributed by atoms with Crippen LogP contribution in [0.15, 0.2) is 30.3 Å². The van der Waals surface area contributed by atoms with E-state index in [1.807, 2.05) is 30.3 Å². The summed E-state index contributed by atoms with van der Waals surface area (Å²) in [4.78, 5) is 0. The Morgan fingerprint density at radius 1 is 1.00 bits per heavy atom. The predicted molar refractivity (Wildman–Crippen MR) is 39.3 cm³/mol. The van der Waals surface area contributed by atoms with Crippen LogP contribution in [0.25, 0.3) is 0 Å². The fraction of sp³-hybridized carbons (Fsp3) is 0. The summed E-state index contributed by atoms with van der Waals surface area (Å²) >= 11 is 5.87. The Labute approximate surface area is 69.2 Å². The van der Waals surface area contributed by atoms with E-state index in [0.717, 1.165) is 0 Å². The first-order valence-electron chi connectivity index (χ1n) is 2.02. The number of benzene rings is 1. The van der Waals surface area contributed by atoms with Gasteiger partial charge in [0.05, 0.1) is 0 Å². The summed E-state index contributed by atoms with van der Waals surface area (Å²) in [6, 6.07) is 12.5. The van der Waals surface area contributed by atoms with Crippen molar-refractivity contribution in [1.29, 1.82) is 0 Å². The van der Waals surface area contributed by atoms with Crippen LogP contribution in [0.5, 0.6) is 0 Å². The summed E-state index contributed by atoms with van der Waals surface area (Å²) in [7, 11) is 0. The van der Waals surface area contributed by atoms with Gasteiger partial charge in [-0.1, -0.05) is 0 Å². The third kappa shape index (κ3) is 4.62. The summed E-state index contributed by atoms with van der Waals surface area (Å²) in [6.07, 6.45) is 0. The molecular weight excluding hydrogens is 263 g/mol. The SMILES string of the molecule is [Cu][I].[c-]1ccccc1. The molecule has 0 aliphatic carbocycles. The van der Waals surface area contributed by atoms with Crippen LogP contribution in [-0.2, 0) is 12.8 Å². The molecule has 8 heavy (non-hydrogen) atoms. The molecule has 0 saturated heterocycles. The second kappa shape index (κ2) is 7.47. The summed E-state index contributed by atoms with van der Waals surface area (Å²) < 4.78 is 0. The Balaban J connectivity index is 0.000000222. The van der Waals surface area contributed by atoms with Crippen LogP contribution in [0, 0.1) is 6.07 Å². The Hall–Kier alpha value is 0.469. The summed E-state index contributed by atoms with van der Waals surface area (Å²) in [5, 5.41) is 0. The van der Waals surface area contributed by atoms with E-state index in [4.69, 9.17) is 0 Å². The number of halogens is 1. The van der Waals surface area contributed by atoms with Crippen LogP contribution in [0.3, 0.4) is 0 Å². The first kappa shape index (κ1) is 8.47. The zero-order valence-electron chi connectivity index (χ0n) is 4.07. The molecule has 0 saturated carbocycles. The minimum Gasteiger partial charge on any atom is -0.184 e. The third-order valence-corrected chi connectivity index (χ3v) is 0.607. The minimum absolute atomic E-state index is 1.71. The van der Waals surface area contributed by atoms with E-state index in [1.54, 1.807) is 20.3 Å². The predicted octanol–water partition coefficient (Wildman–Crippen LogP) is 2.37. The Bertz CT molecular complexity index is 80.5. The molecule has 0 nitrogen and oxygen atoms in total. The van der Waals surface area contributed by atoms with Crippen molar-refractivity contribution in [3.63, 3.8) is 0 Å². The van der Waals surface area contributed by atoms with Crippen LogP contribution in [0.1, 0.15) is 0 Å². The van der Waals surface area contributed by atoms with E-state index in [0.29, 0.717) is 0 Å². The quantitative estimate of drug-likeness (QED) is 0.385. The van der Waals surface area contributed by atoms with Crippen molar-refractivity contribution in [3.8, 4) is 0 Å². The van der Waals surface area contributed by atoms with Crippen molar-refractivity contribution >= 4 is 20.3 Å². The van der Waals surface area contributed by atoms with Gasteiger partial charge >= 0.3 is 33.1 Å². The molecule has 0 aliphatic heterocycles. The molecule has 0 atom stereocenters. The second-order valence-electron chi connectivity index (χ2n) is 1.08. The van der Waals surface area contributed by atoms with Gasteiger partial charge in [0.1, 0.15) is 0 Å². The van der Waals surface area contributed by atoms with E-state index in [1.165, 1.54) is 0 Å². The topological polar surface area (TPSA) is 0 Å². The smallest absolute Gasteiger partial charge is 0.171 e. The molecular formula is C6H5CuI-. The van der Waals surface area contributed by atoms with Gasteiger partial charge < -0.3 is 0 Å². The monoisotopic (exact) mass is 267 g/mol. The van der Waals surface area contributed by atoms with Gasteiger partial charge in [-0.3, -0.25) is 0 Å². The molecule has 0 aromatic heterocycles. The minimum atomic E-state index is 1.71. The normalized spacial score (nSPS) is 6.88. The van der Waals surface area contributed by atoms with Crippen LogP contribution in [-0.4, -0.2) is 0 Å². The summed E-state index contributed by atoms with van der Waals surface area (Å²) in [5.41, 5.74) is 0. The number of rotatable bonds is 0. The molecule has 1 aromatic carbocycles. The first-order valence-corrected chi connectivity index (χ1v) is 5.06. The molecule has 1 aromatic rings. The Kier molecular flexibility index (Phi) is 7.91. The molecule has 0 amide bonds. The maximum absolute atomic E-state index is 4.16. The van der Waals surface area contributed by atoms with E-state index in [-0.39, 0.29) is 0 Å². The van der Waals surface area contributed by atoms with E-state index in [2.05, 4.69) is 18.8 Å².